The Morgan fingerprint density at radius 3 is 2.38 bits per heavy atom. The summed E-state index contributed by atoms with van der Waals surface area (Å²) in [5, 5.41) is 10.6. The van der Waals surface area contributed by atoms with Gasteiger partial charge in [-0.15, -0.1) is 0 Å². The Morgan fingerprint density at radius 2 is 1.80 bits per heavy atom. The highest BCUT2D eigenvalue weighted by Gasteiger charge is 2.53. The number of aliphatic carboxylic acids is 1. The molecular weight excluding hydrogens is 575 g/mol. The number of benzene rings is 2. The second kappa shape index (κ2) is 11.2. The van der Waals surface area contributed by atoms with Crippen LogP contribution in [-0.4, -0.2) is 64.6 Å². The number of carbonyl (C=O) groups excluding carboxylic acids is 1. The number of carboxylic acid groups (broad SMARTS) is 1. The summed E-state index contributed by atoms with van der Waals surface area (Å²) in [7, 11) is -3.75. The smallest absolute Gasteiger partial charge is 0.306 e. The van der Waals surface area contributed by atoms with Crippen LogP contribution in [0.1, 0.15) is 69.2 Å². The largest absolute Gasteiger partial charge is 0.481 e. The number of nitrogens with zero attached hydrogens (tertiary/aromatic N) is 2. The van der Waals surface area contributed by atoms with Crippen molar-refractivity contribution in [2.24, 2.45) is 5.92 Å². The molecule has 5 rings (SSSR count). The van der Waals surface area contributed by atoms with Crippen molar-refractivity contribution in [3.8, 4) is 0 Å². The van der Waals surface area contributed by atoms with Gasteiger partial charge in [-0.05, 0) is 80.8 Å². The molecule has 1 amide bonds. The van der Waals surface area contributed by atoms with Crippen molar-refractivity contribution in [3.05, 3.63) is 69.7 Å². The minimum atomic E-state index is -3.75. The van der Waals surface area contributed by atoms with Crippen LogP contribution < -0.4 is 0 Å². The fraction of sp³-hybridized carbons (Fsp3) is 0.517. The molecule has 11 heteroatoms. The highest BCUT2D eigenvalue weighted by Crippen LogP contribution is 2.48. The van der Waals surface area contributed by atoms with Crippen molar-refractivity contribution in [2.45, 2.75) is 75.8 Å². The molecule has 0 aromatic heterocycles. The Bertz CT molecular complexity index is 1380. The standard InChI is InChI=1S/C29H34Cl2N2O6S/c1-29(2)13-4-14-32(29)40(37,38)17-23(18-7-8-18)33-26(19-9-11-21(30)12-10-19)27(20-5-3-6-22(31)15-20)39-24(28(33)36)16-25(34)35/h3,5-6,9-12,15,18,23-24,26-27H,4,7-8,13-14,16-17H2,1-2H3,(H,34,35)/t23-,24-,26-,27-/m1/s1. The molecule has 0 bridgehead atoms. The molecule has 2 aromatic carbocycles. The van der Waals surface area contributed by atoms with Crippen molar-refractivity contribution in [1.82, 2.24) is 9.21 Å². The predicted octanol–water partition coefficient (Wildman–Crippen LogP) is 5.46. The molecule has 3 fully saturated rings. The van der Waals surface area contributed by atoms with E-state index in [9.17, 15) is 23.1 Å². The number of amides is 1. The van der Waals surface area contributed by atoms with Gasteiger partial charge in [-0.25, -0.2) is 8.42 Å². The Balaban J connectivity index is 1.63. The van der Waals surface area contributed by atoms with E-state index in [-0.39, 0.29) is 11.7 Å². The number of halogens is 2. The number of carboxylic acids is 1. The minimum Gasteiger partial charge on any atom is -0.481 e. The second-order valence-electron chi connectivity index (χ2n) is 11.6. The number of ether oxygens (including phenoxy) is 1. The summed E-state index contributed by atoms with van der Waals surface area (Å²) in [6.07, 6.45) is 0.512. The van der Waals surface area contributed by atoms with E-state index in [0.717, 1.165) is 25.7 Å². The SMILES string of the molecule is CC1(C)CCCN1S(=O)(=O)C[C@H](C1CC1)N1C(=O)[C@@H](CC(=O)O)O[C@H](c2cccc(Cl)c2)[C@H]1c1ccc(Cl)cc1. The maximum Gasteiger partial charge on any atom is 0.306 e. The lowest BCUT2D eigenvalue weighted by Crippen LogP contribution is -2.58. The number of carbonyl (C=O) groups is 2. The highest BCUT2D eigenvalue weighted by molar-refractivity contribution is 7.89. The molecule has 0 radical (unpaired) electrons. The molecule has 216 valence electrons. The Hall–Kier alpha value is -2.17. The number of hydrogen-bond donors (Lipinski definition) is 1. The van der Waals surface area contributed by atoms with Crippen molar-refractivity contribution >= 4 is 45.1 Å². The van der Waals surface area contributed by atoms with Gasteiger partial charge in [0.25, 0.3) is 5.91 Å². The van der Waals surface area contributed by atoms with E-state index in [1.807, 2.05) is 19.9 Å². The van der Waals surface area contributed by atoms with Gasteiger partial charge in [-0.2, -0.15) is 4.31 Å². The molecule has 0 spiro atoms. The van der Waals surface area contributed by atoms with Gasteiger partial charge in [0.15, 0.2) is 0 Å². The first-order valence-electron chi connectivity index (χ1n) is 13.6. The zero-order valence-electron chi connectivity index (χ0n) is 22.5. The fourth-order valence-electron chi connectivity index (χ4n) is 6.19. The molecule has 1 saturated carbocycles. The normalized spacial score (nSPS) is 26.1. The molecule has 4 atom stereocenters. The summed E-state index contributed by atoms with van der Waals surface area (Å²) in [6, 6.07) is 12.7. The van der Waals surface area contributed by atoms with Gasteiger partial charge in [-0.3, -0.25) is 9.59 Å². The van der Waals surface area contributed by atoms with Crippen LogP contribution in [0, 0.1) is 5.92 Å². The second-order valence-corrected chi connectivity index (χ2v) is 14.4. The third-order valence-electron chi connectivity index (χ3n) is 8.24. The lowest BCUT2D eigenvalue weighted by atomic mass is 9.89. The van der Waals surface area contributed by atoms with Gasteiger partial charge in [0.05, 0.1) is 24.3 Å². The van der Waals surface area contributed by atoms with Crippen LogP contribution in [0.15, 0.2) is 48.5 Å². The number of hydrogen-bond acceptors (Lipinski definition) is 5. The van der Waals surface area contributed by atoms with Crippen LogP contribution in [-0.2, 0) is 24.3 Å². The van der Waals surface area contributed by atoms with E-state index in [4.69, 9.17) is 27.9 Å². The zero-order valence-corrected chi connectivity index (χ0v) is 24.8. The van der Waals surface area contributed by atoms with Crippen molar-refractivity contribution in [1.29, 1.82) is 0 Å². The van der Waals surface area contributed by atoms with E-state index < -0.39 is 58.2 Å². The van der Waals surface area contributed by atoms with Gasteiger partial charge in [0, 0.05) is 22.1 Å². The molecule has 8 nitrogen and oxygen atoms in total. The summed E-state index contributed by atoms with van der Waals surface area (Å²) in [4.78, 5) is 27.6. The molecule has 0 unspecified atom stereocenters. The Kier molecular flexibility index (Phi) is 8.25. The van der Waals surface area contributed by atoms with Crippen LogP contribution in [0.2, 0.25) is 10.0 Å². The molecule has 2 saturated heterocycles. The first kappa shape index (κ1) is 29.3. The lowest BCUT2D eigenvalue weighted by molar-refractivity contribution is -0.183. The van der Waals surface area contributed by atoms with Crippen molar-refractivity contribution < 1.29 is 27.9 Å². The minimum absolute atomic E-state index is 0.0252. The molecule has 3 aliphatic rings. The van der Waals surface area contributed by atoms with Gasteiger partial charge in [0.2, 0.25) is 10.0 Å². The average Bonchev–Trinajstić information content (AvgIpc) is 3.65. The summed E-state index contributed by atoms with van der Waals surface area (Å²) in [5.74, 6) is -1.96. The molecule has 2 heterocycles. The van der Waals surface area contributed by atoms with E-state index in [1.165, 1.54) is 0 Å². The van der Waals surface area contributed by atoms with Crippen molar-refractivity contribution in [3.63, 3.8) is 0 Å². The van der Waals surface area contributed by atoms with Crippen LogP contribution >= 0.6 is 23.2 Å². The quantitative estimate of drug-likeness (QED) is 0.405. The Labute approximate surface area is 245 Å². The number of rotatable bonds is 9. The molecule has 2 aliphatic heterocycles. The summed E-state index contributed by atoms with van der Waals surface area (Å²) in [5.41, 5.74) is 0.867. The maximum absolute atomic E-state index is 14.1. The molecule has 1 aliphatic carbocycles. The highest BCUT2D eigenvalue weighted by atomic mass is 35.5. The van der Waals surface area contributed by atoms with E-state index in [0.29, 0.717) is 27.7 Å². The van der Waals surface area contributed by atoms with Crippen LogP contribution in [0.4, 0.5) is 0 Å². The molecule has 40 heavy (non-hydrogen) atoms. The summed E-state index contributed by atoms with van der Waals surface area (Å²) >= 11 is 12.5. The molecule has 2 aromatic rings. The summed E-state index contributed by atoms with van der Waals surface area (Å²) < 4.78 is 35.7. The molecule has 1 N–H and O–H groups in total. The zero-order chi connectivity index (χ0) is 28.8. The van der Waals surface area contributed by atoms with Crippen LogP contribution in [0.3, 0.4) is 0 Å². The van der Waals surface area contributed by atoms with Crippen LogP contribution in [0.25, 0.3) is 0 Å². The summed E-state index contributed by atoms with van der Waals surface area (Å²) in [6.45, 7) is 4.30. The Morgan fingerprint density at radius 1 is 1.10 bits per heavy atom. The average molecular weight is 610 g/mol. The monoisotopic (exact) mass is 608 g/mol. The predicted molar refractivity (Wildman–Crippen MR) is 153 cm³/mol. The lowest BCUT2D eigenvalue weighted by Gasteiger charge is -2.48. The third kappa shape index (κ3) is 6.04. The van der Waals surface area contributed by atoms with Gasteiger partial charge >= 0.3 is 5.97 Å². The maximum atomic E-state index is 14.1. The van der Waals surface area contributed by atoms with Gasteiger partial charge in [-0.1, -0.05) is 47.5 Å². The first-order valence-corrected chi connectivity index (χ1v) is 15.9. The van der Waals surface area contributed by atoms with Crippen LogP contribution in [0.5, 0.6) is 0 Å². The van der Waals surface area contributed by atoms with E-state index in [2.05, 4.69) is 0 Å². The number of morpholine rings is 1. The molecular formula is C29H34Cl2N2O6S. The van der Waals surface area contributed by atoms with Gasteiger partial charge in [0.1, 0.15) is 12.2 Å². The fourth-order valence-corrected chi connectivity index (χ4v) is 8.81. The van der Waals surface area contributed by atoms with Crippen molar-refractivity contribution in [2.75, 3.05) is 12.3 Å². The van der Waals surface area contributed by atoms with E-state index >= 15 is 0 Å². The van der Waals surface area contributed by atoms with E-state index in [1.54, 1.807) is 51.7 Å². The first-order chi connectivity index (χ1) is 18.9. The van der Waals surface area contributed by atoms with Gasteiger partial charge < -0.3 is 14.7 Å². The third-order valence-corrected chi connectivity index (χ3v) is 10.8. The number of sulfonamides is 1. The topological polar surface area (TPSA) is 104 Å².